The zero-order chi connectivity index (χ0) is 10.1. The van der Waals surface area contributed by atoms with Crippen LogP contribution in [0, 0.1) is 10.1 Å². The normalized spacial score (nSPS) is 11.6. The minimum atomic E-state index is -4.73. The minimum absolute atomic E-state index is 0.253. The highest BCUT2D eigenvalue weighted by Crippen LogP contribution is 2.24. The summed E-state index contributed by atoms with van der Waals surface area (Å²) in [5.41, 5.74) is 0. The third-order valence-corrected chi connectivity index (χ3v) is 0.948. The van der Waals surface area contributed by atoms with Crippen LogP contribution in [0.5, 0.6) is 0 Å². The molecule has 0 amide bonds. The Morgan fingerprint density at radius 1 is 1.54 bits per heavy atom. The van der Waals surface area contributed by atoms with Crippen molar-refractivity contribution in [2.45, 2.75) is 12.8 Å². The summed E-state index contributed by atoms with van der Waals surface area (Å²) in [5, 5.41) is 18.0. The average molecular weight is 197 g/mol. The molecule has 1 heterocycles. The predicted octanol–water partition coefficient (Wildman–Crippen LogP) is -0.0739. The van der Waals surface area contributed by atoms with Crippen LogP contribution < -0.4 is 0 Å². The zero-order valence-electron chi connectivity index (χ0n) is 5.89. The molecule has 72 valence electrons. The second kappa shape index (κ2) is 2.95. The second-order valence-electron chi connectivity index (χ2n) is 1.96. The Kier molecular flexibility index (Phi) is 2.12. The first-order valence-corrected chi connectivity index (χ1v) is 2.86. The van der Waals surface area contributed by atoms with E-state index in [-0.39, 0.29) is 4.80 Å². The van der Waals surface area contributed by atoms with Crippen LogP contribution in [0.1, 0.15) is 5.82 Å². The van der Waals surface area contributed by atoms with Gasteiger partial charge in [0.15, 0.2) is 0 Å². The Balaban J connectivity index is 2.81. The summed E-state index contributed by atoms with van der Waals surface area (Å²) in [7, 11) is 0. The van der Waals surface area contributed by atoms with Crippen LogP contribution in [0.4, 0.5) is 13.2 Å². The fourth-order valence-electron chi connectivity index (χ4n) is 0.520. The molecule has 0 spiro atoms. The minimum Gasteiger partial charge on any atom is -0.262 e. The molecule has 13 heavy (non-hydrogen) atoms. The lowest BCUT2D eigenvalue weighted by atomic mass is 10.6. The first-order valence-electron chi connectivity index (χ1n) is 2.86. The molecule has 0 radical (unpaired) electrons. The quantitative estimate of drug-likeness (QED) is 0.489. The van der Waals surface area contributed by atoms with E-state index in [1.807, 2.05) is 0 Å². The van der Waals surface area contributed by atoms with Gasteiger partial charge in [0.25, 0.3) is 5.82 Å². The summed E-state index contributed by atoms with van der Waals surface area (Å²) < 4.78 is 35.4. The monoisotopic (exact) mass is 197 g/mol. The molecule has 1 aromatic heterocycles. The van der Waals surface area contributed by atoms with Gasteiger partial charge in [-0.25, -0.2) is 0 Å². The Labute approximate surface area is 68.3 Å². The summed E-state index contributed by atoms with van der Waals surface area (Å²) in [6.07, 6.45) is -4.73. The predicted molar refractivity (Wildman–Crippen MR) is 29.8 cm³/mol. The van der Waals surface area contributed by atoms with Crippen molar-refractivity contribution in [2.75, 3.05) is 0 Å². The number of halogens is 3. The molecule has 0 saturated heterocycles. The van der Waals surface area contributed by atoms with Gasteiger partial charge in [0.1, 0.15) is 0 Å². The number of aromatic nitrogens is 4. The lowest BCUT2D eigenvalue weighted by Gasteiger charge is -1.96. The summed E-state index contributed by atoms with van der Waals surface area (Å²) in [5.74, 6) is -1.49. The molecule has 0 saturated carbocycles. The number of nitrogens with zero attached hydrogens (tertiary/aromatic N) is 5. The number of tetrazole rings is 1. The molecular weight excluding hydrogens is 195 g/mol. The SMILES string of the molecule is O=[N+]([O-])Cn1nnc(C(F)(F)F)n1. The van der Waals surface area contributed by atoms with Crippen LogP contribution in [0.25, 0.3) is 0 Å². The van der Waals surface area contributed by atoms with Gasteiger partial charge in [-0.1, -0.05) is 4.80 Å². The van der Waals surface area contributed by atoms with Gasteiger partial charge in [-0.05, 0) is 5.21 Å². The Morgan fingerprint density at radius 3 is 2.54 bits per heavy atom. The maximum absolute atomic E-state index is 11.8. The molecule has 1 rings (SSSR count). The van der Waals surface area contributed by atoms with Crippen LogP contribution in [0.15, 0.2) is 0 Å². The molecule has 0 bridgehead atoms. The van der Waals surface area contributed by atoms with E-state index in [1.54, 1.807) is 0 Å². The number of nitro groups is 1. The summed E-state index contributed by atoms with van der Waals surface area (Å²) in [6, 6.07) is 0. The van der Waals surface area contributed by atoms with Crippen molar-refractivity contribution in [3.63, 3.8) is 0 Å². The Hall–Kier alpha value is -1.74. The Morgan fingerprint density at radius 2 is 2.15 bits per heavy atom. The van der Waals surface area contributed by atoms with E-state index in [9.17, 15) is 23.3 Å². The van der Waals surface area contributed by atoms with Gasteiger partial charge in [-0.2, -0.15) is 13.2 Å². The van der Waals surface area contributed by atoms with Crippen molar-refractivity contribution in [1.82, 2.24) is 20.2 Å². The van der Waals surface area contributed by atoms with Gasteiger partial charge in [0.05, 0.1) is 0 Å². The van der Waals surface area contributed by atoms with E-state index in [1.165, 1.54) is 0 Å². The van der Waals surface area contributed by atoms with E-state index in [2.05, 4.69) is 15.4 Å². The fourth-order valence-corrected chi connectivity index (χ4v) is 0.520. The highest BCUT2D eigenvalue weighted by Gasteiger charge is 2.37. The second-order valence-corrected chi connectivity index (χ2v) is 1.96. The van der Waals surface area contributed by atoms with Crippen LogP contribution in [-0.4, -0.2) is 25.1 Å². The van der Waals surface area contributed by atoms with Gasteiger partial charge in [-0.3, -0.25) is 10.1 Å². The summed E-state index contributed by atoms with van der Waals surface area (Å²) >= 11 is 0. The van der Waals surface area contributed by atoms with E-state index in [4.69, 9.17) is 0 Å². The van der Waals surface area contributed by atoms with Crippen LogP contribution >= 0.6 is 0 Å². The van der Waals surface area contributed by atoms with Crippen molar-refractivity contribution in [3.05, 3.63) is 15.9 Å². The number of hydrogen-bond acceptors (Lipinski definition) is 5. The van der Waals surface area contributed by atoms with Crippen LogP contribution in [-0.2, 0) is 12.8 Å². The largest absolute Gasteiger partial charge is 0.455 e. The summed E-state index contributed by atoms with van der Waals surface area (Å²) in [6.45, 7) is -0.941. The first kappa shape index (κ1) is 9.35. The van der Waals surface area contributed by atoms with Gasteiger partial charge < -0.3 is 0 Å². The lowest BCUT2D eigenvalue weighted by Crippen LogP contribution is -2.12. The van der Waals surface area contributed by atoms with E-state index in [0.717, 1.165) is 0 Å². The molecule has 0 N–H and O–H groups in total. The lowest BCUT2D eigenvalue weighted by molar-refractivity contribution is -0.517. The molecule has 1 aromatic rings. The van der Waals surface area contributed by atoms with Crippen molar-refractivity contribution >= 4 is 0 Å². The standard InChI is InChI=1S/C3H2F3N5O2/c4-3(5,6)2-7-9-10(8-2)1-11(12)13/h1H2. The fraction of sp³-hybridized carbons (Fsp3) is 0.667. The third-order valence-electron chi connectivity index (χ3n) is 0.948. The molecular formula is C3H2F3N5O2. The van der Waals surface area contributed by atoms with Crippen LogP contribution in [0.3, 0.4) is 0 Å². The third kappa shape index (κ3) is 2.35. The highest BCUT2D eigenvalue weighted by molar-refractivity contribution is 4.82. The molecule has 0 aromatic carbocycles. The summed E-state index contributed by atoms with van der Waals surface area (Å²) in [4.78, 5) is 9.20. The van der Waals surface area contributed by atoms with E-state index < -0.39 is 23.6 Å². The highest BCUT2D eigenvalue weighted by atomic mass is 19.4. The maximum Gasteiger partial charge on any atom is 0.455 e. The first-order chi connectivity index (χ1) is 5.89. The molecule has 0 fully saturated rings. The van der Waals surface area contributed by atoms with E-state index >= 15 is 0 Å². The van der Waals surface area contributed by atoms with Gasteiger partial charge in [0, 0.05) is 4.92 Å². The number of alkyl halides is 3. The molecule has 0 unspecified atom stereocenters. The molecule has 10 heteroatoms. The van der Waals surface area contributed by atoms with Crippen LogP contribution in [0.2, 0.25) is 0 Å². The van der Waals surface area contributed by atoms with Crippen molar-refractivity contribution < 1.29 is 18.1 Å². The number of hydrogen-bond donors (Lipinski definition) is 0. The molecule has 0 aliphatic rings. The topological polar surface area (TPSA) is 86.7 Å². The maximum atomic E-state index is 11.8. The molecule has 0 atom stereocenters. The smallest absolute Gasteiger partial charge is 0.262 e. The van der Waals surface area contributed by atoms with E-state index in [0.29, 0.717) is 0 Å². The molecule has 0 aliphatic carbocycles. The number of rotatable bonds is 2. The molecule has 7 nitrogen and oxygen atoms in total. The van der Waals surface area contributed by atoms with Gasteiger partial charge >= 0.3 is 12.8 Å². The van der Waals surface area contributed by atoms with Gasteiger partial charge in [-0.15, -0.1) is 10.2 Å². The van der Waals surface area contributed by atoms with Crippen molar-refractivity contribution in [2.24, 2.45) is 0 Å². The average Bonchev–Trinajstić information content (AvgIpc) is 2.32. The van der Waals surface area contributed by atoms with Crippen molar-refractivity contribution in [1.29, 1.82) is 0 Å². The van der Waals surface area contributed by atoms with Crippen molar-refractivity contribution in [3.8, 4) is 0 Å². The zero-order valence-corrected chi connectivity index (χ0v) is 5.89. The molecule has 0 aliphatic heterocycles. The van der Waals surface area contributed by atoms with Gasteiger partial charge in [0.2, 0.25) is 0 Å². The Bertz CT molecular complexity index is 319.